The van der Waals surface area contributed by atoms with E-state index >= 15 is 0 Å². The Kier molecular flexibility index (Phi) is 4.84. The van der Waals surface area contributed by atoms with Crippen LogP contribution in [0.2, 0.25) is 0 Å². The third kappa shape index (κ3) is 3.82. The average molecular weight is 314 g/mol. The van der Waals surface area contributed by atoms with Gasteiger partial charge in [0.25, 0.3) is 0 Å². The van der Waals surface area contributed by atoms with Crippen LogP contribution in [0.15, 0.2) is 36.0 Å². The highest BCUT2D eigenvalue weighted by atomic mass is 16.6. The van der Waals surface area contributed by atoms with Gasteiger partial charge in [-0.3, -0.25) is 9.59 Å². The van der Waals surface area contributed by atoms with E-state index in [9.17, 15) is 9.59 Å². The quantitative estimate of drug-likeness (QED) is 0.574. The van der Waals surface area contributed by atoms with E-state index < -0.39 is 5.60 Å². The standard InChI is InChI=1S/C20H26O3/c1-15-5-4-6-16(10-9-15)11-12-20(17-7-2-3-8-17)14-18(21)13-19(22)23-20/h4-6,9-10,15,17H,2-3,7-8,11-14H2,1H3. The van der Waals surface area contributed by atoms with Crippen molar-refractivity contribution in [2.75, 3.05) is 0 Å². The molecule has 0 N–H and O–H groups in total. The van der Waals surface area contributed by atoms with Crippen LogP contribution in [0.5, 0.6) is 0 Å². The van der Waals surface area contributed by atoms with E-state index in [1.165, 1.54) is 18.4 Å². The average Bonchev–Trinajstić information content (AvgIpc) is 2.96. The van der Waals surface area contributed by atoms with Gasteiger partial charge in [0.1, 0.15) is 17.8 Å². The van der Waals surface area contributed by atoms with Crippen LogP contribution >= 0.6 is 0 Å². The van der Waals surface area contributed by atoms with Crippen LogP contribution in [0, 0.1) is 11.8 Å². The van der Waals surface area contributed by atoms with Gasteiger partial charge < -0.3 is 4.74 Å². The second kappa shape index (κ2) is 6.86. The van der Waals surface area contributed by atoms with Crippen LogP contribution in [0.4, 0.5) is 0 Å². The molecule has 2 atom stereocenters. The second-order valence-corrected chi connectivity index (χ2v) is 7.26. The molecule has 3 nitrogen and oxygen atoms in total. The lowest BCUT2D eigenvalue weighted by molar-refractivity contribution is -0.178. The second-order valence-electron chi connectivity index (χ2n) is 7.26. The normalized spacial score (nSPS) is 31.9. The number of hydrogen-bond acceptors (Lipinski definition) is 3. The summed E-state index contributed by atoms with van der Waals surface area (Å²) < 4.78 is 5.84. The minimum absolute atomic E-state index is 0.0443. The van der Waals surface area contributed by atoms with E-state index in [0.717, 1.165) is 25.7 Å². The molecule has 1 saturated carbocycles. The number of carbonyl (C=O) groups is 2. The SMILES string of the molecule is CC1C=CC=C(CCC2(C3CCCC3)CC(=O)CC(=O)O2)C=C1. The predicted octanol–water partition coefficient (Wildman–Crippen LogP) is 4.29. The summed E-state index contributed by atoms with van der Waals surface area (Å²) in [5.74, 6) is 0.515. The molecule has 0 amide bonds. The Hall–Kier alpha value is -1.64. The summed E-state index contributed by atoms with van der Waals surface area (Å²) in [6.45, 7) is 2.16. The lowest BCUT2D eigenvalue weighted by atomic mass is 9.76. The Morgan fingerprint density at radius 2 is 2.00 bits per heavy atom. The van der Waals surface area contributed by atoms with Crippen molar-refractivity contribution in [1.29, 1.82) is 0 Å². The molecule has 3 aliphatic rings. The number of ketones is 1. The summed E-state index contributed by atoms with van der Waals surface area (Å²) in [6, 6.07) is 0. The zero-order valence-electron chi connectivity index (χ0n) is 13.9. The number of rotatable bonds is 4. The number of ether oxygens (including phenoxy) is 1. The lowest BCUT2D eigenvalue weighted by Crippen LogP contribution is -2.47. The molecule has 124 valence electrons. The molecule has 2 aliphatic carbocycles. The molecule has 0 aromatic carbocycles. The van der Waals surface area contributed by atoms with E-state index in [4.69, 9.17) is 4.74 Å². The van der Waals surface area contributed by atoms with Gasteiger partial charge >= 0.3 is 5.97 Å². The first-order valence-electron chi connectivity index (χ1n) is 8.86. The largest absolute Gasteiger partial charge is 0.458 e. The summed E-state index contributed by atoms with van der Waals surface area (Å²) in [5.41, 5.74) is 0.691. The van der Waals surface area contributed by atoms with Crippen molar-refractivity contribution in [1.82, 2.24) is 0 Å². The Morgan fingerprint density at radius 3 is 2.74 bits per heavy atom. The molecule has 0 spiro atoms. The molecule has 23 heavy (non-hydrogen) atoms. The number of carbonyl (C=O) groups excluding carboxylic acids is 2. The minimum atomic E-state index is -0.556. The molecular weight excluding hydrogens is 288 g/mol. The maximum absolute atomic E-state index is 12.1. The molecular formula is C20H26O3. The predicted molar refractivity (Wildman–Crippen MR) is 89.8 cm³/mol. The summed E-state index contributed by atoms with van der Waals surface area (Å²) >= 11 is 0. The lowest BCUT2D eigenvalue weighted by Gasteiger charge is -2.41. The number of Topliss-reactive ketones (excluding diaryl/α,β-unsaturated/α-hetero) is 1. The zero-order valence-corrected chi connectivity index (χ0v) is 13.9. The highest BCUT2D eigenvalue weighted by molar-refractivity contribution is 5.98. The molecule has 2 unspecified atom stereocenters. The van der Waals surface area contributed by atoms with E-state index in [1.807, 2.05) is 0 Å². The van der Waals surface area contributed by atoms with Gasteiger partial charge in [-0.15, -0.1) is 0 Å². The number of esters is 1. The van der Waals surface area contributed by atoms with E-state index in [0.29, 0.717) is 18.3 Å². The van der Waals surface area contributed by atoms with Crippen molar-refractivity contribution in [2.45, 2.75) is 63.9 Å². The summed E-state index contributed by atoms with van der Waals surface area (Å²) in [5, 5.41) is 0. The smallest absolute Gasteiger partial charge is 0.313 e. The van der Waals surface area contributed by atoms with Gasteiger partial charge in [-0.25, -0.2) is 0 Å². The fourth-order valence-corrected chi connectivity index (χ4v) is 4.15. The van der Waals surface area contributed by atoms with E-state index in [-0.39, 0.29) is 18.2 Å². The van der Waals surface area contributed by atoms with Crippen LogP contribution < -0.4 is 0 Å². The third-order valence-electron chi connectivity index (χ3n) is 5.43. The van der Waals surface area contributed by atoms with Crippen molar-refractivity contribution >= 4 is 11.8 Å². The number of cyclic esters (lactones) is 1. The maximum atomic E-state index is 12.1. The van der Waals surface area contributed by atoms with Crippen molar-refractivity contribution in [2.24, 2.45) is 11.8 Å². The van der Waals surface area contributed by atoms with Gasteiger partial charge in [-0.1, -0.05) is 50.1 Å². The summed E-state index contributed by atoms with van der Waals surface area (Å²) in [4.78, 5) is 24.0. The first-order valence-corrected chi connectivity index (χ1v) is 8.86. The van der Waals surface area contributed by atoms with Crippen molar-refractivity contribution in [3.8, 4) is 0 Å². The van der Waals surface area contributed by atoms with Crippen molar-refractivity contribution < 1.29 is 14.3 Å². The molecule has 0 bridgehead atoms. The van der Waals surface area contributed by atoms with Gasteiger partial charge in [-0.05, 0) is 43.1 Å². The fourth-order valence-electron chi connectivity index (χ4n) is 4.15. The van der Waals surface area contributed by atoms with Gasteiger partial charge in [0.05, 0.1) is 0 Å². The van der Waals surface area contributed by atoms with Crippen LogP contribution in [0.3, 0.4) is 0 Å². The third-order valence-corrected chi connectivity index (χ3v) is 5.43. The molecule has 3 rings (SSSR count). The van der Waals surface area contributed by atoms with E-state index in [1.54, 1.807) is 0 Å². The van der Waals surface area contributed by atoms with Crippen molar-refractivity contribution in [3.63, 3.8) is 0 Å². The molecule has 2 fully saturated rings. The highest BCUT2D eigenvalue weighted by Crippen LogP contribution is 2.44. The monoisotopic (exact) mass is 314 g/mol. The summed E-state index contributed by atoms with van der Waals surface area (Å²) in [7, 11) is 0. The van der Waals surface area contributed by atoms with Gasteiger partial charge in [0.15, 0.2) is 0 Å². The van der Waals surface area contributed by atoms with Crippen LogP contribution in [0.1, 0.15) is 58.3 Å². The Balaban J connectivity index is 1.75. The molecule has 0 radical (unpaired) electrons. The number of hydrogen-bond donors (Lipinski definition) is 0. The topological polar surface area (TPSA) is 43.4 Å². The maximum Gasteiger partial charge on any atom is 0.313 e. The number of allylic oxidation sites excluding steroid dienone is 6. The van der Waals surface area contributed by atoms with Gasteiger partial charge in [0, 0.05) is 6.42 Å². The molecule has 3 heteroatoms. The van der Waals surface area contributed by atoms with Crippen LogP contribution in [-0.2, 0) is 14.3 Å². The van der Waals surface area contributed by atoms with Crippen LogP contribution in [0.25, 0.3) is 0 Å². The molecule has 1 aliphatic heterocycles. The minimum Gasteiger partial charge on any atom is -0.458 e. The highest BCUT2D eigenvalue weighted by Gasteiger charge is 2.47. The summed E-state index contributed by atoms with van der Waals surface area (Å²) in [6.07, 6.45) is 17.2. The Labute approximate surface area is 138 Å². The van der Waals surface area contributed by atoms with E-state index in [2.05, 4.69) is 37.3 Å². The molecule has 1 heterocycles. The van der Waals surface area contributed by atoms with Crippen LogP contribution in [-0.4, -0.2) is 17.4 Å². The Bertz CT molecular complexity index is 545. The van der Waals surface area contributed by atoms with Gasteiger partial charge in [-0.2, -0.15) is 0 Å². The first kappa shape index (κ1) is 16.2. The molecule has 0 aromatic heterocycles. The molecule has 0 aromatic rings. The Morgan fingerprint density at radius 1 is 1.22 bits per heavy atom. The van der Waals surface area contributed by atoms with Gasteiger partial charge in [0.2, 0.25) is 0 Å². The fraction of sp³-hybridized carbons (Fsp3) is 0.600. The van der Waals surface area contributed by atoms with Crippen molar-refractivity contribution in [3.05, 3.63) is 36.0 Å². The first-order chi connectivity index (χ1) is 11.1. The zero-order chi connectivity index (χ0) is 16.3. The molecule has 1 saturated heterocycles.